The molecule has 0 fully saturated rings. The summed E-state index contributed by atoms with van der Waals surface area (Å²) in [6.45, 7) is 2.25. The van der Waals surface area contributed by atoms with Crippen LogP contribution in [0.2, 0.25) is 0 Å². The fourth-order valence-corrected chi connectivity index (χ4v) is 2.62. The summed E-state index contributed by atoms with van der Waals surface area (Å²) >= 11 is 0. The van der Waals surface area contributed by atoms with Crippen molar-refractivity contribution in [2.45, 2.75) is 38.6 Å². The fraction of sp³-hybridized carbons (Fsp3) is 0.400. The first-order chi connectivity index (χ1) is 9.78. The average molecular weight is 271 g/mol. The SMILES string of the molecule is CCc1nnc(CNC(=O)C2CCc3ccccc32)o1. The summed E-state index contributed by atoms with van der Waals surface area (Å²) in [5, 5.41) is 10.7. The van der Waals surface area contributed by atoms with Gasteiger partial charge in [-0.25, -0.2) is 0 Å². The van der Waals surface area contributed by atoms with Crippen molar-refractivity contribution < 1.29 is 9.21 Å². The molecule has 1 aromatic heterocycles. The Morgan fingerprint density at radius 1 is 1.35 bits per heavy atom. The van der Waals surface area contributed by atoms with Gasteiger partial charge in [0.1, 0.15) is 0 Å². The van der Waals surface area contributed by atoms with E-state index in [1.165, 1.54) is 5.56 Å². The molecule has 3 rings (SSSR count). The number of benzene rings is 1. The Morgan fingerprint density at radius 3 is 2.95 bits per heavy atom. The zero-order valence-corrected chi connectivity index (χ0v) is 11.4. The molecule has 0 radical (unpaired) electrons. The van der Waals surface area contributed by atoms with Crippen molar-refractivity contribution in [2.75, 3.05) is 0 Å². The lowest BCUT2D eigenvalue weighted by Gasteiger charge is -2.10. The van der Waals surface area contributed by atoms with E-state index in [2.05, 4.69) is 21.6 Å². The van der Waals surface area contributed by atoms with E-state index in [0.717, 1.165) is 18.4 Å². The fourth-order valence-electron chi connectivity index (χ4n) is 2.62. The van der Waals surface area contributed by atoms with Gasteiger partial charge in [-0.1, -0.05) is 31.2 Å². The molecule has 0 saturated heterocycles. The Morgan fingerprint density at radius 2 is 2.15 bits per heavy atom. The minimum atomic E-state index is -0.0558. The smallest absolute Gasteiger partial charge is 0.235 e. The van der Waals surface area contributed by atoms with Crippen LogP contribution in [0.5, 0.6) is 0 Å². The molecule has 20 heavy (non-hydrogen) atoms. The van der Waals surface area contributed by atoms with Crippen molar-refractivity contribution in [3.8, 4) is 0 Å². The molecule has 1 aliphatic carbocycles. The van der Waals surface area contributed by atoms with Crippen molar-refractivity contribution in [3.63, 3.8) is 0 Å². The first-order valence-corrected chi connectivity index (χ1v) is 6.94. The van der Waals surface area contributed by atoms with Crippen molar-refractivity contribution in [1.29, 1.82) is 0 Å². The predicted octanol–water partition coefficient (Wildman–Crippen LogP) is 1.98. The van der Waals surface area contributed by atoms with E-state index >= 15 is 0 Å². The topological polar surface area (TPSA) is 68.0 Å². The van der Waals surface area contributed by atoms with Gasteiger partial charge in [0.15, 0.2) is 0 Å². The number of fused-ring (bicyclic) bond motifs is 1. The van der Waals surface area contributed by atoms with Gasteiger partial charge in [-0.2, -0.15) is 0 Å². The Kier molecular flexibility index (Phi) is 3.50. The van der Waals surface area contributed by atoms with Gasteiger partial charge in [-0.15, -0.1) is 10.2 Å². The van der Waals surface area contributed by atoms with Gasteiger partial charge in [0.05, 0.1) is 12.5 Å². The van der Waals surface area contributed by atoms with E-state index in [0.29, 0.717) is 24.7 Å². The predicted molar refractivity (Wildman–Crippen MR) is 73.0 cm³/mol. The number of hydrogen-bond donors (Lipinski definition) is 1. The number of aryl methyl sites for hydroxylation is 2. The second-order valence-electron chi connectivity index (χ2n) is 4.95. The summed E-state index contributed by atoms with van der Waals surface area (Å²) < 4.78 is 5.38. The molecule has 1 aromatic carbocycles. The zero-order valence-electron chi connectivity index (χ0n) is 11.4. The van der Waals surface area contributed by atoms with Crippen LogP contribution in [0.3, 0.4) is 0 Å². The molecule has 104 valence electrons. The second kappa shape index (κ2) is 5.45. The number of nitrogens with zero attached hydrogens (tertiary/aromatic N) is 2. The Hall–Kier alpha value is -2.17. The van der Waals surface area contributed by atoms with Gasteiger partial charge < -0.3 is 9.73 Å². The van der Waals surface area contributed by atoms with Crippen LogP contribution < -0.4 is 5.32 Å². The molecule has 0 bridgehead atoms. The lowest BCUT2D eigenvalue weighted by molar-refractivity contribution is -0.122. The number of aromatic nitrogens is 2. The molecule has 0 saturated carbocycles. The van der Waals surface area contributed by atoms with E-state index in [1.807, 2.05) is 25.1 Å². The molecule has 0 spiro atoms. The molecular weight excluding hydrogens is 254 g/mol. The van der Waals surface area contributed by atoms with Crippen molar-refractivity contribution in [2.24, 2.45) is 0 Å². The Labute approximate surface area is 117 Å². The van der Waals surface area contributed by atoms with E-state index < -0.39 is 0 Å². The van der Waals surface area contributed by atoms with E-state index in [1.54, 1.807) is 0 Å². The van der Waals surface area contributed by atoms with Crippen LogP contribution in [0.4, 0.5) is 0 Å². The highest BCUT2D eigenvalue weighted by atomic mass is 16.4. The first-order valence-electron chi connectivity index (χ1n) is 6.94. The molecule has 1 unspecified atom stereocenters. The van der Waals surface area contributed by atoms with Gasteiger partial charge in [0.2, 0.25) is 17.7 Å². The van der Waals surface area contributed by atoms with Crippen LogP contribution in [-0.2, 0) is 24.2 Å². The quantitative estimate of drug-likeness (QED) is 0.923. The third-order valence-corrected chi connectivity index (χ3v) is 3.67. The minimum Gasteiger partial charge on any atom is -0.423 e. The molecule has 1 atom stereocenters. The zero-order chi connectivity index (χ0) is 13.9. The molecule has 0 aliphatic heterocycles. The van der Waals surface area contributed by atoms with Crippen LogP contribution in [0.15, 0.2) is 28.7 Å². The number of amides is 1. The van der Waals surface area contributed by atoms with Crippen molar-refractivity contribution in [1.82, 2.24) is 15.5 Å². The minimum absolute atomic E-state index is 0.0335. The highest BCUT2D eigenvalue weighted by molar-refractivity contribution is 5.84. The third kappa shape index (κ3) is 2.43. The number of carbonyl (C=O) groups excluding carboxylic acids is 1. The summed E-state index contributed by atoms with van der Waals surface area (Å²) in [4.78, 5) is 12.3. The van der Waals surface area contributed by atoms with Crippen LogP contribution in [0.25, 0.3) is 0 Å². The maximum atomic E-state index is 12.3. The number of hydrogen-bond acceptors (Lipinski definition) is 4. The molecule has 1 amide bonds. The molecule has 1 N–H and O–H groups in total. The maximum Gasteiger partial charge on any atom is 0.235 e. The monoisotopic (exact) mass is 271 g/mol. The van der Waals surface area contributed by atoms with Gasteiger partial charge in [0.25, 0.3) is 0 Å². The van der Waals surface area contributed by atoms with Crippen LogP contribution in [0.1, 0.15) is 42.2 Å². The Bertz CT molecular complexity index is 621. The maximum absolute atomic E-state index is 12.3. The lowest BCUT2D eigenvalue weighted by Crippen LogP contribution is -2.28. The van der Waals surface area contributed by atoms with Crippen molar-refractivity contribution in [3.05, 3.63) is 47.2 Å². The summed E-state index contributed by atoms with van der Waals surface area (Å²) in [7, 11) is 0. The number of nitrogens with one attached hydrogen (secondary N) is 1. The average Bonchev–Trinajstić information content (AvgIpc) is 3.11. The van der Waals surface area contributed by atoms with Gasteiger partial charge in [-0.05, 0) is 24.0 Å². The molecule has 1 aliphatic rings. The van der Waals surface area contributed by atoms with E-state index in [9.17, 15) is 4.79 Å². The Balaban J connectivity index is 1.63. The summed E-state index contributed by atoms with van der Waals surface area (Å²) in [5.74, 6) is 1.04. The summed E-state index contributed by atoms with van der Waals surface area (Å²) in [5.41, 5.74) is 2.42. The molecule has 1 heterocycles. The normalized spacial score (nSPS) is 16.9. The van der Waals surface area contributed by atoms with Crippen LogP contribution >= 0.6 is 0 Å². The molecule has 2 aromatic rings. The largest absolute Gasteiger partial charge is 0.423 e. The standard InChI is InChI=1S/C15H17N3O2/c1-2-13-17-18-14(20-13)9-16-15(19)12-8-7-10-5-3-4-6-11(10)12/h3-6,12H,2,7-9H2,1H3,(H,16,19). The third-order valence-electron chi connectivity index (χ3n) is 3.67. The van der Waals surface area contributed by atoms with E-state index in [4.69, 9.17) is 4.42 Å². The van der Waals surface area contributed by atoms with Crippen molar-refractivity contribution >= 4 is 5.91 Å². The van der Waals surface area contributed by atoms with Crippen LogP contribution in [-0.4, -0.2) is 16.1 Å². The summed E-state index contributed by atoms with van der Waals surface area (Å²) in [6.07, 6.45) is 2.54. The van der Waals surface area contributed by atoms with Gasteiger partial charge >= 0.3 is 0 Å². The van der Waals surface area contributed by atoms with Crippen LogP contribution in [0, 0.1) is 0 Å². The molecule has 5 heteroatoms. The molecular formula is C15H17N3O2. The van der Waals surface area contributed by atoms with Gasteiger partial charge in [0, 0.05) is 6.42 Å². The summed E-state index contributed by atoms with van der Waals surface area (Å²) in [6, 6.07) is 8.13. The lowest BCUT2D eigenvalue weighted by atomic mass is 10.0. The second-order valence-corrected chi connectivity index (χ2v) is 4.95. The number of rotatable bonds is 4. The number of carbonyl (C=O) groups is 1. The highest BCUT2D eigenvalue weighted by Gasteiger charge is 2.28. The highest BCUT2D eigenvalue weighted by Crippen LogP contribution is 2.32. The van der Waals surface area contributed by atoms with Gasteiger partial charge in [-0.3, -0.25) is 4.79 Å². The first kappa shape index (κ1) is 12.8. The molecule has 5 nitrogen and oxygen atoms in total. The van der Waals surface area contributed by atoms with E-state index in [-0.39, 0.29) is 11.8 Å².